The van der Waals surface area contributed by atoms with Crippen molar-refractivity contribution in [3.8, 4) is 11.5 Å². The van der Waals surface area contributed by atoms with Gasteiger partial charge in [0.1, 0.15) is 11.5 Å². The van der Waals surface area contributed by atoms with Crippen LogP contribution in [-0.4, -0.2) is 30.3 Å². The fraction of sp³-hybridized carbons (Fsp3) is 0.158. The van der Waals surface area contributed by atoms with Gasteiger partial charge in [-0.15, -0.1) is 0 Å². The predicted molar refractivity (Wildman–Crippen MR) is 97.5 cm³/mol. The number of carbonyl (C=O) groups excluding carboxylic acids is 2. The number of rotatable bonds is 5. The Hall–Kier alpha value is -2.73. The Labute approximate surface area is 150 Å². The molecule has 0 atom stereocenters. The van der Waals surface area contributed by atoms with Gasteiger partial charge in [0.25, 0.3) is 11.1 Å². The molecule has 6 heteroatoms. The molecule has 2 aromatic carbocycles. The highest BCUT2D eigenvalue weighted by molar-refractivity contribution is 8.18. The van der Waals surface area contributed by atoms with Gasteiger partial charge in [-0.25, -0.2) is 0 Å². The summed E-state index contributed by atoms with van der Waals surface area (Å²) in [7, 11) is 3.12. The molecule has 0 saturated carbocycles. The Morgan fingerprint density at radius 1 is 1.04 bits per heavy atom. The van der Waals surface area contributed by atoms with E-state index in [4.69, 9.17) is 9.47 Å². The van der Waals surface area contributed by atoms with E-state index in [1.165, 1.54) is 4.90 Å². The van der Waals surface area contributed by atoms with Crippen LogP contribution in [0.4, 0.5) is 4.79 Å². The van der Waals surface area contributed by atoms with Crippen LogP contribution in [0.2, 0.25) is 0 Å². The van der Waals surface area contributed by atoms with Crippen molar-refractivity contribution in [1.82, 2.24) is 4.90 Å². The molecule has 1 heterocycles. The quantitative estimate of drug-likeness (QED) is 0.761. The van der Waals surface area contributed by atoms with E-state index in [1.54, 1.807) is 38.5 Å². The SMILES string of the molecule is COc1ccc(OC)c(/C=C2\SC(=O)N(Cc3ccccc3)C2=O)c1. The molecule has 0 radical (unpaired) electrons. The first kappa shape index (κ1) is 17.1. The minimum atomic E-state index is -0.302. The first-order valence-corrected chi connectivity index (χ1v) is 8.45. The summed E-state index contributed by atoms with van der Waals surface area (Å²) >= 11 is 0.931. The lowest BCUT2D eigenvalue weighted by molar-refractivity contribution is -0.123. The molecule has 0 unspecified atom stereocenters. The van der Waals surface area contributed by atoms with Crippen LogP contribution in [0.15, 0.2) is 53.4 Å². The van der Waals surface area contributed by atoms with Crippen LogP contribution >= 0.6 is 11.8 Å². The number of thioether (sulfide) groups is 1. The van der Waals surface area contributed by atoms with E-state index < -0.39 is 0 Å². The lowest BCUT2D eigenvalue weighted by Gasteiger charge is -2.12. The lowest BCUT2D eigenvalue weighted by atomic mass is 10.1. The number of imide groups is 1. The molecular formula is C19H17NO4S. The second kappa shape index (κ2) is 7.44. The van der Waals surface area contributed by atoms with Crippen molar-refractivity contribution in [3.63, 3.8) is 0 Å². The van der Waals surface area contributed by atoms with Crippen molar-refractivity contribution in [2.75, 3.05) is 14.2 Å². The second-order valence-electron chi connectivity index (χ2n) is 5.36. The Bertz CT molecular complexity index is 833. The molecule has 1 aliphatic rings. The summed E-state index contributed by atoms with van der Waals surface area (Å²) in [5.74, 6) is 0.954. The summed E-state index contributed by atoms with van der Waals surface area (Å²) in [4.78, 5) is 26.5. The van der Waals surface area contributed by atoms with Crippen LogP contribution in [0, 0.1) is 0 Å². The zero-order chi connectivity index (χ0) is 17.8. The molecule has 1 aliphatic heterocycles. The van der Waals surface area contributed by atoms with Gasteiger partial charge in [0, 0.05) is 5.56 Å². The smallest absolute Gasteiger partial charge is 0.293 e. The molecular weight excluding hydrogens is 338 g/mol. The van der Waals surface area contributed by atoms with Crippen LogP contribution in [-0.2, 0) is 11.3 Å². The number of hydrogen-bond donors (Lipinski definition) is 0. The first-order chi connectivity index (χ1) is 12.1. The molecule has 3 rings (SSSR count). The molecule has 25 heavy (non-hydrogen) atoms. The molecule has 0 aromatic heterocycles. The molecule has 2 aromatic rings. The summed E-state index contributed by atoms with van der Waals surface area (Å²) in [6.07, 6.45) is 1.66. The van der Waals surface area contributed by atoms with Gasteiger partial charge in [-0.2, -0.15) is 0 Å². The maximum atomic E-state index is 12.6. The predicted octanol–water partition coefficient (Wildman–Crippen LogP) is 3.94. The number of methoxy groups -OCH3 is 2. The normalized spacial score (nSPS) is 15.8. The van der Waals surface area contributed by atoms with Gasteiger partial charge in [0.15, 0.2) is 0 Å². The van der Waals surface area contributed by atoms with Crippen LogP contribution in [0.25, 0.3) is 6.08 Å². The Balaban J connectivity index is 1.88. The van der Waals surface area contributed by atoms with E-state index in [0.29, 0.717) is 22.0 Å². The molecule has 5 nitrogen and oxygen atoms in total. The maximum absolute atomic E-state index is 12.6. The Morgan fingerprint density at radius 3 is 2.48 bits per heavy atom. The topological polar surface area (TPSA) is 55.8 Å². The Morgan fingerprint density at radius 2 is 1.80 bits per heavy atom. The largest absolute Gasteiger partial charge is 0.497 e. The molecule has 1 saturated heterocycles. The fourth-order valence-corrected chi connectivity index (χ4v) is 3.32. The third-order valence-electron chi connectivity index (χ3n) is 3.78. The zero-order valence-corrected chi connectivity index (χ0v) is 14.7. The van der Waals surface area contributed by atoms with Crippen molar-refractivity contribution in [2.45, 2.75) is 6.54 Å². The third-order valence-corrected chi connectivity index (χ3v) is 4.69. The minimum Gasteiger partial charge on any atom is -0.497 e. The standard InChI is InChI=1S/C19H17NO4S/c1-23-15-8-9-16(24-2)14(10-15)11-17-18(21)20(19(22)25-17)12-13-6-4-3-5-7-13/h3-11H,12H2,1-2H3/b17-11-. The first-order valence-electron chi connectivity index (χ1n) is 7.63. The molecule has 1 fully saturated rings. The van der Waals surface area contributed by atoms with Gasteiger partial charge in [-0.3, -0.25) is 14.5 Å². The van der Waals surface area contributed by atoms with E-state index in [2.05, 4.69) is 0 Å². The van der Waals surface area contributed by atoms with Gasteiger partial charge < -0.3 is 9.47 Å². The zero-order valence-electron chi connectivity index (χ0n) is 13.9. The van der Waals surface area contributed by atoms with Crippen LogP contribution in [0.5, 0.6) is 11.5 Å². The van der Waals surface area contributed by atoms with Gasteiger partial charge >= 0.3 is 0 Å². The molecule has 0 spiro atoms. The van der Waals surface area contributed by atoms with Gasteiger partial charge in [0.2, 0.25) is 0 Å². The number of nitrogens with zero attached hydrogens (tertiary/aromatic N) is 1. The van der Waals surface area contributed by atoms with E-state index >= 15 is 0 Å². The van der Waals surface area contributed by atoms with Crippen molar-refractivity contribution in [2.24, 2.45) is 0 Å². The van der Waals surface area contributed by atoms with Gasteiger partial charge in [0.05, 0.1) is 25.7 Å². The summed E-state index contributed by atoms with van der Waals surface area (Å²) < 4.78 is 10.5. The highest BCUT2D eigenvalue weighted by Gasteiger charge is 2.35. The van der Waals surface area contributed by atoms with Crippen LogP contribution in [0.1, 0.15) is 11.1 Å². The molecule has 0 bridgehead atoms. The second-order valence-corrected chi connectivity index (χ2v) is 6.35. The fourth-order valence-electron chi connectivity index (χ4n) is 2.50. The lowest BCUT2D eigenvalue weighted by Crippen LogP contribution is -2.27. The molecule has 0 N–H and O–H groups in total. The van der Waals surface area contributed by atoms with Crippen molar-refractivity contribution >= 4 is 29.0 Å². The highest BCUT2D eigenvalue weighted by Crippen LogP contribution is 2.35. The summed E-state index contributed by atoms with van der Waals surface area (Å²) in [6, 6.07) is 14.7. The van der Waals surface area contributed by atoms with Gasteiger partial charge in [-0.1, -0.05) is 30.3 Å². The number of ether oxygens (including phenoxy) is 2. The maximum Gasteiger partial charge on any atom is 0.293 e. The van der Waals surface area contributed by atoms with Crippen molar-refractivity contribution in [1.29, 1.82) is 0 Å². The summed E-state index contributed by atoms with van der Waals surface area (Å²) in [5.41, 5.74) is 1.59. The monoisotopic (exact) mass is 355 g/mol. The Kier molecular flexibility index (Phi) is 5.09. The number of amides is 2. The average Bonchev–Trinajstić information content (AvgIpc) is 2.90. The molecule has 128 valence electrons. The van der Waals surface area contributed by atoms with E-state index in [9.17, 15) is 9.59 Å². The van der Waals surface area contributed by atoms with Crippen molar-refractivity contribution in [3.05, 3.63) is 64.6 Å². The minimum absolute atomic E-state index is 0.262. The van der Waals surface area contributed by atoms with E-state index in [-0.39, 0.29) is 17.7 Å². The van der Waals surface area contributed by atoms with Crippen molar-refractivity contribution < 1.29 is 19.1 Å². The summed E-state index contributed by atoms with van der Waals surface area (Å²) in [6.45, 7) is 0.262. The van der Waals surface area contributed by atoms with E-state index in [1.807, 2.05) is 30.3 Å². The third kappa shape index (κ3) is 3.69. The number of benzene rings is 2. The highest BCUT2D eigenvalue weighted by atomic mass is 32.2. The molecule has 0 aliphatic carbocycles. The van der Waals surface area contributed by atoms with E-state index in [0.717, 1.165) is 17.3 Å². The molecule has 2 amide bonds. The van der Waals surface area contributed by atoms with Gasteiger partial charge in [-0.05, 0) is 41.6 Å². The van der Waals surface area contributed by atoms with Crippen LogP contribution < -0.4 is 9.47 Å². The van der Waals surface area contributed by atoms with Crippen LogP contribution in [0.3, 0.4) is 0 Å². The average molecular weight is 355 g/mol. The summed E-state index contributed by atoms with van der Waals surface area (Å²) in [5, 5.41) is -0.276. The number of hydrogen-bond acceptors (Lipinski definition) is 5. The number of carbonyl (C=O) groups is 2.